The molecule has 8 heteroatoms. The van der Waals surface area contributed by atoms with Crippen LogP contribution in [0.15, 0.2) is 16.6 Å². The number of rotatable bonds is 3. The van der Waals surface area contributed by atoms with Crippen LogP contribution in [-0.2, 0) is 16.1 Å². The Morgan fingerprint density at radius 1 is 0.962 bits per heavy atom. The lowest BCUT2D eigenvalue weighted by Gasteiger charge is -2.28. The zero-order chi connectivity index (χ0) is 18.3. The average molecular weight is 423 g/mol. The molecule has 2 aliphatic heterocycles. The predicted octanol–water partition coefficient (Wildman–Crippen LogP) is 2.84. The highest BCUT2D eigenvalue weighted by molar-refractivity contribution is 9.10. The number of fused-ring (bicyclic) bond motifs is 1. The summed E-state index contributed by atoms with van der Waals surface area (Å²) >= 11 is 3.45. The van der Waals surface area contributed by atoms with E-state index in [1.165, 1.54) is 0 Å². The summed E-state index contributed by atoms with van der Waals surface area (Å²) in [6.45, 7) is 0.945. The Hall–Kier alpha value is -2.09. The summed E-state index contributed by atoms with van der Waals surface area (Å²) in [4.78, 5) is 39.8. The third-order valence-electron chi connectivity index (χ3n) is 5.06. The second-order valence-corrected chi connectivity index (χ2v) is 7.58. The van der Waals surface area contributed by atoms with Gasteiger partial charge in [-0.15, -0.1) is 0 Å². The third-order valence-corrected chi connectivity index (χ3v) is 5.80. The molecule has 1 aliphatic carbocycles. The standard InChI is InChI=1S/C18H19BrN2O5/c19-13-9-15-14(25-6-7-26-15)8-11(13)10-20-16(22)17(23)21(18(20)24)12-4-2-1-3-5-12/h8-9,12H,1-7,10H2. The van der Waals surface area contributed by atoms with Gasteiger partial charge in [-0.25, -0.2) is 4.79 Å². The Labute approximate surface area is 159 Å². The Morgan fingerprint density at radius 3 is 2.31 bits per heavy atom. The number of carbonyl (C=O) groups excluding carboxylic acids is 3. The Bertz CT molecular complexity index is 775. The lowest BCUT2D eigenvalue weighted by Crippen LogP contribution is -2.42. The molecule has 26 heavy (non-hydrogen) atoms. The molecule has 0 spiro atoms. The van der Waals surface area contributed by atoms with Crippen molar-refractivity contribution in [2.45, 2.75) is 44.7 Å². The first kappa shape index (κ1) is 17.3. The molecule has 3 aliphatic rings. The molecule has 0 N–H and O–H groups in total. The van der Waals surface area contributed by atoms with Gasteiger partial charge in [0.1, 0.15) is 13.2 Å². The van der Waals surface area contributed by atoms with Crippen LogP contribution in [0.1, 0.15) is 37.7 Å². The zero-order valence-corrected chi connectivity index (χ0v) is 15.8. The van der Waals surface area contributed by atoms with Crippen LogP contribution >= 0.6 is 15.9 Å². The number of nitrogens with zero attached hydrogens (tertiary/aromatic N) is 2. The lowest BCUT2D eigenvalue weighted by atomic mass is 9.94. The Balaban J connectivity index is 1.57. The highest BCUT2D eigenvalue weighted by atomic mass is 79.9. The Kier molecular flexibility index (Phi) is 4.60. The van der Waals surface area contributed by atoms with E-state index in [0.717, 1.165) is 41.9 Å². The van der Waals surface area contributed by atoms with Crippen molar-refractivity contribution in [3.8, 4) is 11.5 Å². The van der Waals surface area contributed by atoms with Crippen molar-refractivity contribution in [3.05, 3.63) is 22.2 Å². The zero-order valence-electron chi connectivity index (χ0n) is 14.2. The van der Waals surface area contributed by atoms with Crippen molar-refractivity contribution < 1.29 is 23.9 Å². The van der Waals surface area contributed by atoms with E-state index in [-0.39, 0.29) is 12.6 Å². The molecule has 0 radical (unpaired) electrons. The van der Waals surface area contributed by atoms with E-state index >= 15 is 0 Å². The number of hydrogen-bond donors (Lipinski definition) is 0. The Morgan fingerprint density at radius 2 is 1.62 bits per heavy atom. The molecule has 4 rings (SSSR count). The smallest absolute Gasteiger partial charge is 0.334 e. The number of hydrogen-bond acceptors (Lipinski definition) is 5. The highest BCUT2D eigenvalue weighted by Crippen LogP contribution is 2.37. The van der Waals surface area contributed by atoms with Gasteiger partial charge in [-0.1, -0.05) is 35.2 Å². The summed E-state index contributed by atoms with van der Waals surface area (Å²) in [7, 11) is 0. The van der Waals surface area contributed by atoms with Crippen LogP contribution in [0.4, 0.5) is 4.79 Å². The van der Waals surface area contributed by atoms with Crippen LogP contribution in [0.3, 0.4) is 0 Å². The first-order valence-electron chi connectivity index (χ1n) is 8.83. The third kappa shape index (κ3) is 2.96. The normalized spacial score (nSPS) is 20.9. The summed E-state index contributed by atoms with van der Waals surface area (Å²) < 4.78 is 11.8. The molecular formula is C18H19BrN2O5. The molecule has 4 amide bonds. The second kappa shape index (κ2) is 6.90. The molecule has 0 unspecified atom stereocenters. The number of halogens is 1. The van der Waals surface area contributed by atoms with E-state index in [9.17, 15) is 14.4 Å². The number of urea groups is 1. The molecule has 0 aromatic heterocycles. The van der Waals surface area contributed by atoms with Crippen LogP contribution < -0.4 is 9.47 Å². The minimum Gasteiger partial charge on any atom is -0.486 e. The summed E-state index contributed by atoms with van der Waals surface area (Å²) in [5.74, 6) is -0.284. The first-order chi connectivity index (χ1) is 12.6. The summed E-state index contributed by atoms with van der Waals surface area (Å²) in [5, 5.41) is 0. The van der Waals surface area contributed by atoms with Gasteiger partial charge in [-0.05, 0) is 30.5 Å². The van der Waals surface area contributed by atoms with E-state index in [1.54, 1.807) is 12.1 Å². The first-order valence-corrected chi connectivity index (χ1v) is 9.62. The van der Waals surface area contributed by atoms with Gasteiger partial charge in [0.15, 0.2) is 11.5 Å². The molecule has 2 heterocycles. The van der Waals surface area contributed by atoms with Crippen molar-refractivity contribution >= 4 is 33.8 Å². The minimum absolute atomic E-state index is 0.0177. The molecule has 1 aromatic carbocycles. The van der Waals surface area contributed by atoms with Crippen molar-refractivity contribution in [2.24, 2.45) is 0 Å². The number of carbonyl (C=O) groups is 3. The molecule has 7 nitrogen and oxygen atoms in total. The topological polar surface area (TPSA) is 76.2 Å². The SMILES string of the molecule is O=C1C(=O)N(C2CCCCC2)C(=O)N1Cc1cc2c(cc1Br)OCCO2. The van der Waals surface area contributed by atoms with Crippen LogP contribution in [0.25, 0.3) is 0 Å². The molecule has 1 saturated heterocycles. The fourth-order valence-electron chi connectivity index (χ4n) is 3.72. The fraction of sp³-hybridized carbons (Fsp3) is 0.500. The quantitative estimate of drug-likeness (QED) is 0.552. The number of imide groups is 2. The van der Waals surface area contributed by atoms with Gasteiger partial charge in [-0.2, -0.15) is 0 Å². The van der Waals surface area contributed by atoms with Gasteiger partial charge >= 0.3 is 17.8 Å². The van der Waals surface area contributed by atoms with E-state index in [1.807, 2.05) is 0 Å². The van der Waals surface area contributed by atoms with Crippen molar-refractivity contribution in [1.29, 1.82) is 0 Å². The second-order valence-electron chi connectivity index (χ2n) is 6.73. The van der Waals surface area contributed by atoms with Gasteiger partial charge in [0.05, 0.1) is 6.54 Å². The maximum Gasteiger partial charge on any atom is 0.334 e. The number of benzene rings is 1. The van der Waals surface area contributed by atoms with Crippen LogP contribution in [0.2, 0.25) is 0 Å². The summed E-state index contributed by atoms with van der Waals surface area (Å²) in [5.41, 5.74) is 0.689. The van der Waals surface area contributed by atoms with E-state index in [4.69, 9.17) is 9.47 Å². The molecule has 0 atom stereocenters. The molecule has 1 saturated carbocycles. The maximum atomic E-state index is 12.8. The van der Waals surface area contributed by atoms with Crippen LogP contribution in [-0.4, -0.2) is 46.9 Å². The highest BCUT2D eigenvalue weighted by Gasteiger charge is 2.47. The summed E-state index contributed by atoms with van der Waals surface area (Å²) in [6.07, 6.45) is 4.60. The molecule has 138 valence electrons. The fourth-order valence-corrected chi connectivity index (χ4v) is 4.17. The van der Waals surface area contributed by atoms with Crippen LogP contribution in [0.5, 0.6) is 11.5 Å². The van der Waals surface area contributed by atoms with E-state index in [0.29, 0.717) is 34.7 Å². The minimum atomic E-state index is -0.762. The van der Waals surface area contributed by atoms with Crippen LogP contribution in [0, 0.1) is 0 Å². The maximum absolute atomic E-state index is 12.8. The van der Waals surface area contributed by atoms with Crippen molar-refractivity contribution in [1.82, 2.24) is 9.80 Å². The van der Waals surface area contributed by atoms with E-state index in [2.05, 4.69) is 15.9 Å². The van der Waals surface area contributed by atoms with Gasteiger partial charge in [0, 0.05) is 10.5 Å². The van der Waals surface area contributed by atoms with Crippen molar-refractivity contribution in [3.63, 3.8) is 0 Å². The summed E-state index contributed by atoms with van der Waals surface area (Å²) in [6, 6.07) is 2.82. The van der Waals surface area contributed by atoms with Crippen molar-refractivity contribution in [2.75, 3.05) is 13.2 Å². The molecule has 0 bridgehead atoms. The lowest BCUT2D eigenvalue weighted by molar-refractivity contribution is -0.144. The molecule has 2 fully saturated rings. The van der Waals surface area contributed by atoms with E-state index < -0.39 is 17.8 Å². The van der Waals surface area contributed by atoms with Gasteiger partial charge in [0.2, 0.25) is 0 Å². The number of amides is 4. The predicted molar refractivity (Wildman–Crippen MR) is 94.8 cm³/mol. The van der Waals surface area contributed by atoms with Gasteiger partial charge < -0.3 is 9.47 Å². The average Bonchev–Trinajstić information content (AvgIpc) is 2.86. The monoisotopic (exact) mass is 422 g/mol. The number of ether oxygens (including phenoxy) is 2. The largest absolute Gasteiger partial charge is 0.486 e. The van der Waals surface area contributed by atoms with Gasteiger partial charge in [0.25, 0.3) is 0 Å². The van der Waals surface area contributed by atoms with Gasteiger partial charge in [-0.3, -0.25) is 19.4 Å². The molecule has 1 aromatic rings. The molecular weight excluding hydrogens is 404 g/mol.